The highest BCUT2D eigenvalue weighted by Crippen LogP contribution is 2.08. The van der Waals surface area contributed by atoms with E-state index in [1.165, 1.54) is 6.42 Å². The molecule has 0 aromatic rings. The summed E-state index contributed by atoms with van der Waals surface area (Å²) in [6.45, 7) is 5.92. The van der Waals surface area contributed by atoms with Gasteiger partial charge in [0, 0.05) is 20.2 Å². The van der Waals surface area contributed by atoms with E-state index in [4.69, 9.17) is 10.2 Å². The SMILES string of the molecule is CCC[Si](C)(NCCN)OC. The Morgan fingerprint density at radius 2 is 2.18 bits per heavy atom. The summed E-state index contributed by atoms with van der Waals surface area (Å²) in [4.78, 5) is 3.39. The summed E-state index contributed by atoms with van der Waals surface area (Å²) >= 11 is 0. The molecule has 0 radical (unpaired) electrons. The van der Waals surface area contributed by atoms with Crippen molar-refractivity contribution in [1.29, 1.82) is 0 Å². The first-order chi connectivity index (χ1) is 5.18. The van der Waals surface area contributed by atoms with Crippen molar-refractivity contribution < 1.29 is 4.43 Å². The van der Waals surface area contributed by atoms with Gasteiger partial charge >= 0.3 is 0 Å². The Balaban J connectivity index is 3.68. The topological polar surface area (TPSA) is 47.3 Å². The van der Waals surface area contributed by atoms with Crippen LogP contribution in [0, 0.1) is 0 Å². The van der Waals surface area contributed by atoms with E-state index in [0.29, 0.717) is 6.54 Å². The summed E-state index contributed by atoms with van der Waals surface area (Å²) in [7, 11) is 0.209. The van der Waals surface area contributed by atoms with Crippen molar-refractivity contribution in [2.24, 2.45) is 5.73 Å². The molecule has 0 amide bonds. The van der Waals surface area contributed by atoms with Crippen LogP contribution >= 0.6 is 0 Å². The molecular weight excluding hydrogens is 156 g/mol. The summed E-state index contributed by atoms with van der Waals surface area (Å²) in [5, 5.41) is 0. The second-order valence-corrected chi connectivity index (χ2v) is 6.62. The van der Waals surface area contributed by atoms with Gasteiger partial charge in [-0.25, -0.2) is 0 Å². The first kappa shape index (κ1) is 11.1. The number of nitrogens with one attached hydrogen (secondary N) is 1. The van der Waals surface area contributed by atoms with Gasteiger partial charge in [-0.2, -0.15) is 0 Å². The molecule has 1 atom stereocenters. The van der Waals surface area contributed by atoms with Gasteiger partial charge in [-0.1, -0.05) is 13.3 Å². The van der Waals surface area contributed by atoms with Crippen LogP contribution in [0.25, 0.3) is 0 Å². The molecule has 0 fully saturated rings. The van der Waals surface area contributed by atoms with Gasteiger partial charge in [0.05, 0.1) is 0 Å². The third kappa shape index (κ3) is 4.52. The molecule has 0 heterocycles. The number of hydrogen-bond donors (Lipinski definition) is 2. The highest BCUT2D eigenvalue weighted by Gasteiger charge is 2.25. The van der Waals surface area contributed by atoms with Crippen molar-refractivity contribution in [3.05, 3.63) is 0 Å². The van der Waals surface area contributed by atoms with Crippen LogP contribution < -0.4 is 10.7 Å². The lowest BCUT2D eigenvalue weighted by Crippen LogP contribution is -2.51. The molecule has 4 heteroatoms. The molecule has 3 nitrogen and oxygen atoms in total. The predicted molar refractivity (Wildman–Crippen MR) is 50.8 cm³/mol. The van der Waals surface area contributed by atoms with Crippen LogP contribution in [0.5, 0.6) is 0 Å². The maximum atomic E-state index is 5.45. The van der Waals surface area contributed by atoms with Crippen molar-refractivity contribution in [1.82, 2.24) is 4.98 Å². The zero-order valence-electron chi connectivity index (χ0n) is 7.81. The van der Waals surface area contributed by atoms with Gasteiger partial charge in [0.25, 0.3) is 8.48 Å². The first-order valence-corrected chi connectivity index (χ1v) is 6.80. The molecule has 0 aliphatic rings. The molecule has 3 N–H and O–H groups in total. The van der Waals surface area contributed by atoms with Crippen LogP contribution in [-0.4, -0.2) is 28.7 Å². The van der Waals surface area contributed by atoms with E-state index in [-0.39, 0.29) is 0 Å². The minimum absolute atomic E-state index is 0.690. The normalized spacial score (nSPS) is 16.4. The fourth-order valence-electron chi connectivity index (χ4n) is 1.08. The lowest BCUT2D eigenvalue weighted by molar-refractivity contribution is 0.382. The summed E-state index contributed by atoms with van der Waals surface area (Å²) in [5.41, 5.74) is 5.39. The zero-order valence-corrected chi connectivity index (χ0v) is 8.81. The molecule has 0 aliphatic carbocycles. The molecular formula is C7H20N2OSi. The van der Waals surface area contributed by atoms with E-state index in [2.05, 4.69) is 18.5 Å². The maximum absolute atomic E-state index is 5.45. The Morgan fingerprint density at radius 1 is 1.55 bits per heavy atom. The lowest BCUT2D eigenvalue weighted by Gasteiger charge is -2.25. The molecule has 11 heavy (non-hydrogen) atoms. The van der Waals surface area contributed by atoms with E-state index in [0.717, 1.165) is 12.6 Å². The molecule has 0 bridgehead atoms. The van der Waals surface area contributed by atoms with Crippen molar-refractivity contribution in [3.8, 4) is 0 Å². The van der Waals surface area contributed by atoms with Crippen LogP contribution in [0.3, 0.4) is 0 Å². The largest absolute Gasteiger partial charge is 0.406 e. The molecule has 0 aromatic carbocycles. The number of nitrogens with two attached hydrogens (primary N) is 1. The second-order valence-electron chi connectivity index (χ2n) is 2.90. The molecule has 0 saturated heterocycles. The molecule has 0 saturated carbocycles. The highest BCUT2D eigenvalue weighted by molar-refractivity contribution is 6.69. The van der Waals surface area contributed by atoms with Crippen LogP contribution in [0.2, 0.25) is 12.6 Å². The van der Waals surface area contributed by atoms with Crippen LogP contribution in [0.15, 0.2) is 0 Å². The summed E-state index contributed by atoms with van der Waals surface area (Å²) in [6, 6.07) is 1.16. The third-order valence-electron chi connectivity index (χ3n) is 1.82. The molecule has 1 unspecified atom stereocenters. The Morgan fingerprint density at radius 3 is 2.55 bits per heavy atom. The average molecular weight is 176 g/mol. The smallest absolute Gasteiger partial charge is 0.265 e. The van der Waals surface area contributed by atoms with Crippen molar-refractivity contribution >= 4 is 8.48 Å². The summed E-state index contributed by atoms with van der Waals surface area (Å²) in [6.07, 6.45) is 1.17. The fourth-order valence-corrected chi connectivity index (χ4v) is 3.23. The van der Waals surface area contributed by atoms with Crippen LogP contribution in [0.4, 0.5) is 0 Å². The van der Waals surface area contributed by atoms with E-state index in [9.17, 15) is 0 Å². The monoisotopic (exact) mass is 176 g/mol. The van der Waals surface area contributed by atoms with Gasteiger partial charge in [0.15, 0.2) is 0 Å². The molecule has 0 rings (SSSR count). The van der Waals surface area contributed by atoms with E-state index >= 15 is 0 Å². The standard InChI is InChI=1S/C7H20N2OSi/c1-4-7-11(3,10-2)9-6-5-8/h9H,4-8H2,1-3H3. The van der Waals surface area contributed by atoms with Crippen molar-refractivity contribution in [2.45, 2.75) is 25.9 Å². The van der Waals surface area contributed by atoms with Crippen molar-refractivity contribution in [2.75, 3.05) is 20.2 Å². The number of rotatable bonds is 6. The highest BCUT2D eigenvalue weighted by atomic mass is 28.4. The van der Waals surface area contributed by atoms with Gasteiger partial charge in [-0.3, -0.25) is 0 Å². The molecule has 0 spiro atoms. The van der Waals surface area contributed by atoms with E-state index in [1.54, 1.807) is 7.11 Å². The Kier molecular flexibility index (Phi) is 5.76. The molecule has 0 aromatic heterocycles. The second kappa shape index (κ2) is 5.71. The summed E-state index contributed by atoms with van der Waals surface area (Å²) < 4.78 is 5.45. The van der Waals surface area contributed by atoms with Crippen LogP contribution in [-0.2, 0) is 4.43 Å². The minimum Gasteiger partial charge on any atom is -0.406 e. The zero-order chi connectivity index (χ0) is 8.74. The number of hydrogen-bond acceptors (Lipinski definition) is 3. The molecule has 0 aliphatic heterocycles. The lowest BCUT2D eigenvalue weighted by atomic mass is 10.6. The average Bonchev–Trinajstić information content (AvgIpc) is 2.02. The van der Waals surface area contributed by atoms with Crippen molar-refractivity contribution in [3.63, 3.8) is 0 Å². The minimum atomic E-state index is -1.57. The van der Waals surface area contributed by atoms with Crippen LogP contribution in [0.1, 0.15) is 13.3 Å². The molecule has 68 valence electrons. The van der Waals surface area contributed by atoms with Gasteiger partial charge < -0.3 is 15.1 Å². The van der Waals surface area contributed by atoms with E-state index in [1.807, 2.05) is 0 Å². The Labute approximate surface area is 70.5 Å². The fraction of sp³-hybridized carbons (Fsp3) is 1.00. The summed E-state index contributed by atoms with van der Waals surface area (Å²) in [5.74, 6) is 0. The van der Waals surface area contributed by atoms with Gasteiger partial charge in [-0.05, 0) is 12.6 Å². The predicted octanol–water partition coefficient (Wildman–Crippen LogP) is 0.663. The van der Waals surface area contributed by atoms with Gasteiger partial charge in [0.1, 0.15) is 0 Å². The van der Waals surface area contributed by atoms with Gasteiger partial charge in [0.2, 0.25) is 0 Å². The third-order valence-corrected chi connectivity index (χ3v) is 5.17. The Hall–Kier alpha value is 0.0969. The van der Waals surface area contributed by atoms with Gasteiger partial charge in [-0.15, -0.1) is 0 Å². The van der Waals surface area contributed by atoms with E-state index < -0.39 is 8.48 Å². The maximum Gasteiger partial charge on any atom is 0.265 e. The quantitative estimate of drug-likeness (QED) is 0.585. The Bertz CT molecular complexity index is 102. The first-order valence-electron chi connectivity index (χ1n) is 4.18.